The lowest BCUT2D eigenvalue weighted by Crippen LogP contribution is -2.30. The molecule has 0 aliphatic heterocycles. The van der Waals surface area contributed by atoms with E-state index in [4.69, 9.17) is 4.42 Å². The van der Waals surface area contributed by atoms with Crippen molar-refractivity contribution in [1.82, 2.24) is 24.6 Å². The molecular weight excluding hydrogens is 332 g/mol. The summed E-state index contributed by atoms with van der Waals surface area (Å²) in [5, 5.41) is 7.96. The third-order valence-electron chi connectivity index (χ3n) is 3.81. The van der Waals surface area contributed by atoms with Crippen molar-refractivity contribution in [3.05, 3.63) is 66.9 Å². The number of urea groups is 1. The van der Waals surface area contributed by atoms with Gasteiger partial charge in [0.15, 0.2) is 0 Å². The number of anilines is 1. The van der Waals surface area contributed by atoms with Gasteiger partial charge in [0.1, 0.15) is 11.3 Å². The highest BCUT2D eigenvalue weighted by Gasteiger charge is 2.13. The molecule has 8 heteroatoms. The molecule has 0 spiro atoms. The van der Waals surface area contributed by atoms with E-state index >= 15 is 0 Å². The van der Waals surface area contributed by atoms with Crippen LogP contribution in [0.25, 0.3) is 16.9 Å². The molecule has 0 aliphatic rings. The van der Waals surface area contributed by atoms with E-state index in [1.807, 2.05) is 30.3 Å². The van der Waals surface area contributed by atoms with Crippen LogP contribution in [-0.2, 0) is 6.54 Å². The molecule has 1 aromatic carbocycles. The summed E-state index contributed by atoms with van der Waals surface area (Å²) in [7, 11) is 1.70. The monoisotopic (exact) mass is 348 g/mol. The maximum atomic E-state index is 12.4. The Bertz CT molecular complexity index is 1010. The minimum atomic E-state index is -0.265. The molecule has 0 unspecified atom stereocenters. The molecule has 2 amide bonds. The average molecular weight is 348 g/mol. The molecule has 4 rings (SSSR count). The van der Waals surface area contributed by atoms with Gasteiger partial charge < -0.3 is 14.6 Å². The predicted octanol–water partition coefficient (Wildman–Crippen LogP) is 3.07. The summed E-state index contributed by atoms with van der Waals surface area (Å²) in [6.07, 6.45) is 6.46. The topological polar surface area (TPSA) is 89.1 Å². The third kappa shape index (κ3) is 3.25. The van der Waals surface area contributed by atoms with Crippen molar-refractivity contribution < 1.29 is 9.21 Å². The number of hydrogen-bond acceptors (Lipinski definition) is 5. The van der Waals surface area contributed by atoms with Gasteiger partial charge in [-0.25, -0.2) is 19.4 Å². The Kier molecular flexibility index (Phi) is 4.06. The zero-order chi connectivity index (χ0) is 17.9. The molecular formula is C18H16N6O2. The smallest absolute Gasteiger partial charge is 0.322 e. The first-order valence-electron chi connectivity index (χ1n) is 8.01. The molecule has 3 aromatic heterocycles. The lowest BCUT2D eigenvalue weighted by Gasteiger charge is -2.15. The van der Waals surface area contributed by atoms with Crippen molar-refractivity contribution in [2.45, 2.75) is 6.54 Å². The van der Waals surface area contributed by atoms with Crippen LogP contribution in [0, 0.1) is 0 Å². The SMILES string of the molecule is CN(Cc1cc2ccccc2o1)C(=O)Nc1cnn(-c2ncccn2)c1. The largest absolute Gasteiger partial charge is 0.459 e. The molecule has 4 aromatic rings. The summed E-state index contributed by atoms with van der Waals surface area (Å²) in [6.45, 7) is 0.358. The third-order valence-corrected chi connectivity index (χ3v) is 3.81. The van der Waals surface area contributed by atoms with Gasteiger partial charge in [-0.3, -0.25) is 0 Å². The molecule has 0 aliphatic carbocycles. The van der Waals surface area contributed by atoms with Crippen molar-refractivity contribution in [3.63, 3.8) is 0 Å². The number of fused-ring (bicyclic) bond motifs is 1. The van der Waals surface area contributed by atoms with Crippen LogP contribution in [0.5, 0.6) is 0 Å². The maximum Gasteiger partial charge on any atom is 0.322 e. The Morgan fingerprint density at radius 2 is 2.04 bits per heavy atom. The maximum absolute atomic E-state index is 12.4. The lowest BCUT2D eigenvalue weighted by molar-refractivity contribution is 0.217. The van der Waals surface area contributed by atoms with Gasteiger partial charge in [-0.15, -0.1) is 0 Å². The van der Waals surface area contributed by atoms with Crippen LogP contribution in [0.1, 0.15) is 5.76 Å². The molecule has 1 N–H and O–H groups in total. The first-order valence-corrected chi connectivity index (χ1v) is 8.01. The summed E-state index contributed by atoms with van der Waals surface area (Å²) in [5.74, 6) is 1.15. The average Bonchev–Trinajstić information content (AvgIpc) is 3.28. The van der Waals surface area contributed by atoms with Crippen LogP contribution in [0.4, 0.5) is 10.5 Å². The molecule has 8 nitrogen and oxygen atoms in total. The number of benzene rings is 1. The first-order chi connectivity index (χ1) is 12.7. The molecule has 0 saturated carbocycles. The van der Waals surface area contributed by atoms with E-state index < -0.39 is 0 Å². The van der Waals surface area contributed by atoms with E-state index in [1.165, 1.54) is 9.58 Å². The summed E-state index contributed by atoms with van der Waals surface area (Å²) in [6, 6.07) is 11.1. The van der Waals surface area contributed by atoms with Crippen molar-refractivity contribution in [2.75, 3.05) is 12.4 Å². The Hall–Kier alpha value is -3.68. The van der Waals surface area contributed by atoms with Crippen LogP contribution < -0.4 is 5.32 Å². The molecule has 0 fully saturated rings. The zero-order valence-electron chi connectivity index (χ0n) is 14.0. The van der Waals surface area contributed by atoms with Crippen LogP contribution >= 0.6 is 0 Å². The Balaban J connectivity index is 1.42. The number of furan rings is 1. The number of nitrogens with zero attached hydrogens (tertiary/aromatic N) is 5. The molecule has 0 radical (unpaired) electrons. The van der Waals surface area contributed by atoms with Crippen molar-refractivity contribution in [1.29, 1.82) is 0 Å². The Morgan fingerprint density at radius 3 is 2.85 bits per heavy atom. The van der Waals surface area contributed by atoms with Crippen molar-refractivity contribution >= 4 is 22.7 Å². The fourth-order valence-corrected chi connectivity index (χ4v) is 2.55. The fraction of sp³-hybridized carbons (Fsp3) is 0.111. The number of rotatable bonds is 4. The van der Waals surface area contributed by atoms with E-state index in [0.29, 0.717) is 18.2 Å². The number of hydrogen-bond donors (Lipinski definition) is 1. The standard InChI is InChI=1S/C18H16N6O2/c1-23(12-15-9-13-5-2-3-6-16(13)26-15)18(25)22-14-10-21-24(11-14)17-19-7-4-8-20-17/h2-11H,12H2,1H3,(H,22,25). The molecule has 26 heavy (non-hydrogen) atoms. The number of aromatic nitrogens is 4. The van der Waals surface area contributed by atoms with Gasteiger partial charge in [-0.1, -0.05) is 18.2 Å². The highest BCUT2D eigenvalue weighted by Crippen LogP contribution is 2.20. The molecule has 130 valence electrons. The molecule has 0 bridgehead atoms. The number of para-hydroxylation sites is 1. The zero-order valence-corrected chi connectivity index (χ0v) is 14.0. The fourth-order valence-electron chi connectivity index (χ4n) is 2.55. The van der Waals surface area contributed by atoms with Crippen LogP contribution in [0.3, 0.4) is 0 Å². The van der Waals surface area contributed by atoms with Gasteiger partial charge in [0.05, 0.1) is 24.6 Å². The minimum Gasteiger partial charge on any atom is -0.459 e. The summed E-state index contributed by atoms with van der Waals surface area (Å²) < 4.78 is 7.24. The van der Waals surface area contributed by atoms with Gasteiger partial charge in [-0.2, -0.15) is 5.10 Å². The van der Waals surface area contributed by atoms with Crippen LogP contribution in [-0.4, -0.2) is 37.7 Å². The van der Waals surface area contributed by atoms with Crippen molar-refractivity contribution in [3.8, 4) is 5.95 Å². The second-order valence-corrected chi connectivity index (χ2v) is 5.76. The van der Waals surface area contributed by atoms with Gasteiger partial charge in [0.25, 0.3) is 0 Å². The first kappa shape index (κ1) is 15.8. The summed E-state index contributed by atoms with van der Waals surface area (Å²) >= 11 is 0. The van der Waals surface area contributed by atoms with Crippen LogP contribution in [0.2, 0.25) is 0 Å². The second kappa shape index (κ2) is 6.67. The van der Waals surface area contributed by atoms with E-state index in [2.05, 4.69) is 20.4 Å². The number of carbonyl (C=O) groups is 1. The van der Waals surface area contributed by atoms with E-state index in [-0.39, 0.29) is 6.03 Å². The number of amides is 2. The number of nitrogens with one attached hydrogen (secondary N) is 1. The highest BCUT2D eigenvalue weighted by molar-refractivity contribution is 5.88. The van der Waals surface area contributed by atoms with Gasteiger partial charge in [0.2, 0.25) is 5.95 Å². The highest BCUT2D eigenvalue weighted by atomic mass is 16.3. The summed E-state index contributed by atoms with van der Waals surface area (Å²) in [4.78, 5) is 22.1. The predicted molar refractivity (Wildman–Crippen MR) is 95.9 cm³/mol. The molecule has 0 saturated heterocycles. The van der Waals surface area contributed by atoms with Crippen LogP contribution in [0.15, 0.2) is 65.6 Å². The normalized spacial score (nSPS) is 10.8. The van der Waals surface area contributed by atoms with E-state index in [9.17, 15) is 4.79 Å². The number of carbonyl (C=O) groups excluding carboxylic acids is 1. The minimum absolute atomic E-state index is 0.265. The van der Waals surface area contributed by atoms with Crippen molar-refractivity contribution in [2.24, 2.45) is 0 Å². The lowest BCUT2D eigenvalue weighted by atomic mass is 10.2. The van der Waals surface area contributed by atoms with E-state index in [0.717, 1.165) is 16.7 Å². The second-order valence-electron chi connectivity index (χ2n) is 5.76. The Morgan fingerprint density at radius 1 is 1.23 bits per heavy atom. The van der Waals surface area contributed by atoms with Gasteiger partial charge in [0, 0.05) is 24.8 Å². The Labute approximate surface area is 149 Å². The molecule has 3 heterocycles. The van der Waals surface area contributed by atoms with Gasteiger partial charge >= 0.3 is 6.03 Å². The van der Waals surface area contributed by atoms with Gasteiger partial charge in [-0.05, 0) is 18.2 Å². The van der Waals surface area contributed by atoms with E-state index in [1.54, 1.807) is 37.9 Å². The molecule has 0 atom stereocenters. The quantitative estimate of drug-likeness (QED) is 0.612. The summed E-state index contributed by atoms with van der Waals surface area (Å²) in [5.41, 5.74) is 1.36.